The molecule has 5 aromatic rings. The van der Waals surface area contributed by atoms with E-state index >= 15 is 0 Å². The SMILES string of the molecule is C.O=c1c2ccccc2c(CNc2ccc(S(=O)(=O)Nc3nccs3)cc2)cn1-c1ccccc1. The highest BCUT2D eigenvalue weighted by Crippen LogP contribution is 2.22. The van der Waals surface area contributed by atoms with Gasteiger partial charge < -0.3 is 5.32 Å². The van der Waals surface area contributed by atoms with Crippen molar-refractivity contribution in [1.82, 2.24) is 9.55 Å². The Morgan fingerprint density at radius 1 is 0.886 bits per heavy atom. The number of sulfonamides is 1. The van der Waals surface area contributed by atoms with Crippen molar-refractivity contribution in [2.75, 3.05) is 10.0 Å². The summed E-state index contributed by atoms with van der Waals surface area (Å²) in [7, 11) is -3.70. The molecule has 3 aromatic carbocycles. The second-order valence-corrected chi connectivity index (χ2v) is 10.1. The van der Waals surface area contributed by atoms with Gasteiger partial charge in [-0.25, -0.2) is 13.4 Å². The van der Waals surface area contributed by atoms with Crippen LogP contribution in [-0.4, -0.2) is 18.0 Å². The number of nitrogens with one attached hydrogen (secondary N) is 2. The van der Waals surface area contributed by atoms with E-state index in [0.717, 1.165) is 22.3 Å². The lowest BCUT2D eigenvalue weighted by molar-refractivity contribution is 0.601. The van der Waals surface area contributed by atoms with E-state index in [2.05, 4.69) is 15.0 Å². The van der Waals surface area contributed by atoms with Crippen LogP contribution in [0.15, 0.2) is 106 Å². The summed E-state index contributed by atoms with van der Waals surface area (Å²) in [5.41, 5.74) is 2.42. The van der Waals surface area contributed by atoms with Gasteiger partial charge in [0.1, 0.15) is 0 Å². The van der Waals surface area contributed by atoms with Crippen molar-refractivity contribution < 1.29 is 8.42 Å². The van der Waals surface area contributed by atoms with Crippen molar-refractivity contribution in [2.45, 2.75) is 18.9 Å². The van der Waals surface area contributed by atoms with Crippen molar-refractivity contribution in [3.8, 4) is 5.69 Å². The van der Waals surface area contributed by atoms with E-state index in [1.54, 1.807) is 40.4 Å². The third-order valence-corrected chi connectivity index (χ3v) is 7.52. The number of benzene rings is 3. The number of hydrogen-bond donors (Lipinski definition) is 2. The number of aromatic nitrogens is 2. The number of rotatable bonds is 7. The number of pyridine rings is 1. The molecule has 0 aliphatic rings. The highest BCUT2D eigenvalue weighted by Gasteiger charge is 2.15. The van der Waals surface area contributed by atoms with Gasteiger partial charge in [0.2, 0.25) is 0 Å². The molecule has 0 atom stereocenters. The second kappa shape index (κ2) is 10.1. The number of anilines is 2. The molecule has 0 radical (unpaired) electrons. The minimum atomic E-state index is -3.70. The fourth-order valence-electron chi connectivity index (χ4n) is 3.68. The molecule has 2 aromatic heterocycles. The second-order valence-electron chi connectivity index (χ2n) is 7.53. The smallest absolute Gasteiger partial charge is 0.263 e. The molecule has 0 spiro atoms. The first-order chi connectivity index (χ1) is 16.5. The van der Waals surface area contributed by atoms with Crippen molar-refractivity contribution >= 4 is 43.0 Å². The van der Waals surface area contributed by atoms with Crippen molar-refractivity contribution in [3.05, 3.63) is 113 Å². The summed E-state index contributed by atoms with van der Waals surface area (Å²) in [4.78, 5) is 17.2. The number of para-hydroxylation sites is 1. The molecule has 35 heavy (non-hydrogen) atoms. The fraction of sp³-hybridized carbons (Fsp3) is 0.0769. The molecular formula is C26H24N4O3S2. The minimum Gasteiger partial charge on any atom is -0.381 e. The highest BCUT2D eigenvalue weighted by atomic mass is 32.2. The third-order valence-electron chi connectivity index (χ3n) is 5.34. The number of thiazole rings is 1. The summed E-state index contributed by atoms with van der Waals surface area (Å²) in [6.07, 6.45) is 3.39. The van der Waals surface area contributed by atoms with E-state index in [1.165, 1.54) is 11.3 Å². The quantitative estimate of drug-likeness (QED) is 0.305. The van der Waals surface area contributed by atoms with Gasteiger partial charge in [-0.05, 0) is 53.4 Å². The van der Waals surface area contributed by atoms with Gasteiger partial charge in [-0.3, -0.25) is 14.1 Å². The van der Waals surface area contributed by atoms with E-state index in [4.69, 9.17) is 0 Å². The fourth-order valence-corrected chi connectivity index (χ4v) is 5.47. The summed E-state index contributed by atoms with van der Waals surface area (Å²) >= 11 is 1.22. The Hall–Kier alpha value is -3.95. The van der Waals surface area contributed by atoms with Gasteiger partial charge in [0.05, 0.1) is 4.90 Å². The topological polar surface area (TPSA) is 93.1 Å². The third kappa shape index (κ3) is 5.11. The zero-order valence-corrected chi connectivity index (χ0v) is 19.5. The highest BCUT2D eigenvalue weighted by molar-refractivity contribution is 7.93. The summed E-state index contributed by atoms with van der Waals surface area (Å²) in [6, 6.07) is 23.5. The van der Waals surface area contributed by atoms with Crippen molar-refractivity contribution in [1.29, 1.82) is 0 Å². The molecule has 0 amide bonds. The largest absolute Gasteiger partial charge is 0.381 e. The van der Waals surface area contributed by atoms with E-state index in [0.29, 0.717) is 17.1 Å². The van der Waals surface area contributed by atoms with E-state index < -0.39 is 10.0 Å². The molecule has 9 heteroatoms. The maximum absolute atomic E-state index is 13.1. The van der Waals surface area contributed by atoms with Gasteiger partial charge in [0.15, 0.2) is 5.13 Å². The molecule has 0 unspecified atom stereocenters. The van der Waals surface area contributed by atoms with Crippen LogP contribution in [-0.2, 0) is 16.6 Å². The molecule has 5 rings (SSSR count). The first-order valence-corrected chi connectivity index (χ1v) is 12.8. The maximum Gasteiger partial charge on any atom is 0.263 e. The number of nitrogens with zero attached hydrogens (tertiary/aromatic N) is 2. The maximum atomic E-state index is 13.1. The van der Waals surface area contributed by atoms with Crippen LogP contribution >= 0.6 is 11.3 Å². The molecule has 7 nitrogen and oxygen atoms in total. The van der Waals surface area contributed by atoms with Crippen LogP contribution in [0, 0.1) is 0 Å². The van der Waals surface area contributed by atoms with Crippen LogP contribution in [0.2, 0.25) is 0 Å². The van der Waals surface area contributed by atoms with Crippen LogP contribution in [0.1, 0.15) is 13.0 Å². The van der Waals surface area contributed by atoms with E-state index in [9.17, 15) is 13.2 Å². The van der Waals surface area contributed by atoms with Crippen LogP contribution in [0.4, 0.5) is 10.8 Å². The van der Waals surface area contributed by atoms with E-state index in [-0.39, 0.29) is 17.9 Å². The molecule has 2 heterocycles. The van der Waals surface area contributed by atoms with E-state index in [1.807, 2.05) is 60.8 Å². The Bertz CT molecular complexity index is 1600. The summed E-state index contributed by atoms with van der Waals surface area (Å²) in [6.45, 7) is 0.455. The predicted molar refractivity (Wildman–Crippen MR) is 143 cm³/mol. The van der Waals surface area contributed by atoms with Gasteiger partial charge >= 0.3 is 0 Å². The minimum absolute atomic E-state index is 0. The lowest BCUT2D eigenvalue weighted by Crippen LogP contribution is -2.20. The molecule has 0 saturated carbocycles. The molecule has 0 fully saturated rings. The predicted octanol–water partition coefficient (Wildman–Crippen LogP) is 5.50. The lowest BCUT2D eigenvalue weighted by atomic mass is 10.1. The van der Waals surface area contributed by atoms with Gasteiger partial charge in [-0.1, -0.05) is 43.8 Å². The van der Waals surface area contributed by atoms with Gasteiger partial charge in [-0.15, -0.1) is 11.3 Å². The molecule has 0 bridgehead atoms. The van der Waals surface area contributed by atoms with Gasteiger partial charge in [-0.2, -0.15) is 0 Å². The Morgan fingerprint density at radius 3 is 2.26 bits per heavy atom. The molecule has 2 N–H and O–H groups in total. The van der Waals surface area contributed by atoms with Gasteiger partial charge in [0, 0.05) is 41.1 Å². The molecule has 178 valence electrons. The van der Waals surface area contributed by atoms with Gasteiger partial charge in [0.25, 0.3) is 15.6 Å². The normalized spacial score (nSPS) is 11.1. The number of fused-ring (bicyclic) bond motifs is 1. The Morgan fingerprint density at radius 2 is 1.57 bits per heavy atom. The first-order valence-electron chi connectivity index (χ1n) is 10.5. The standard InChI is InChI=1S/C25H20N4O3S2.CH4/c30-24-23-9-5-4-8-22(23)18(17-29(24)20-6-2-1-3-7-20)16-27-19-10-12-21(13-11-19)34(31,32)28-25-26-14-15-33-25;/h1-15,17,27H,16H2,(H,26,28);1H4. The van der Waals surface area contributed by atoms with Crippen LogP contribution in [0.25, 0.3) is 16.5 Å². The average Bonchev–Trinajstić information content (AvgIpc) is 3.37. The molecule has 0 aliphatic heterocycles. The zero-order chi connectivity index (χ0) is 23.5. The van der Waals surface area contributed by atoms with Crippen molar-refractivity contribution in [3.63, 3.8) is 0 Å². The molecule has 0 saturated heterocycles. The summed E-state index contributed by atoms with van der Waals surface area (Å²) < 4.78 is 29.2. The molecular weight excluding hydrogens is 480 g/mol. The Labute approximate surface area is 207 Å². The summed E-state index contributed by atoms with van der Waals surface area (Å²) in [5, 5.41) is 6.87. The van der Waals surface area contributed by atoms with Crippen molar-refractivity contribution in [2.24, 2.45) is 0 Å². The zero-order valence-electron chi connectivity index (χ0n) is 17.9. The lowest BCUT2D eigenvalue weighted by Gasteiger charge is -2.14. The Kier molecular flexibility index (Phi) is 6.99. The Balaban J connectivity index is 0.00000289. The average molecular weight is 505 g/mol. The number of hydrogen-bond acceptors (Lipinski definition) is 6. The monoisotopic (exact) mass is 504 g/mol. The van der Waals surface area contributed by atoms with Crippen LogP contribution in [0.3, 0.4) is 0 Å². The summed E-state index contributed by atoms with van der Waals surface area (Å²) in [5.74, 6) is 0. The first kappa shape index (κ1) is 24.2. The van der Waals surface area contributed by atoms with Crippen LogP contribution in [0.5, 0.6) is 0 Å². The molecule has 0 aliphatic carbocycles. The van der Waals surface area contributed by atoms with Crippen LogP contribution < -0.4 is 15.6 Å².